The minimum atomic E-state index is -1.18. The van der Waals surface area contributed by atoms with Crippen molar-refractivity contribution in [1.82, 2.24) is 0 Å². The van der Waals surface area contributed by atoms with Crippen LogP contribution in [0.4, 0.5) is 4.39 Å². The van der Waals surface area contributed by atoms with Gasteiger partial charge in [0.15, 0.2) is 0 Å². The standard InChI is InChI=1S/C11H7FO3/c12-10-4-7(11(14)15)3-6-1-2-8(13)5-9(6)10/h1-5,13H,(H,14,15). The van der Waals surface area contributed by atoms with Crippen molar-refractivity contribution in [3.63, 3.8) is 0 Å². The predicted molar refractivity (Wildman–Crippen MR) is 52.5 cm³/mol. The number of carboxylic acids is 1. The maximum atomic E-state index is 13.4. The molecule has 0 heterocycles. The molecule has 2 N–H and O–H groups in total. The second kappa shape index (κ2) is 3.24. The van der Waals surface area contributed by atoms with Gasteiger partial charge in [0.2, 0.25) is 0 Å². The molecule has 0 aromatic heterocycles. The Kier molecular flexibility index (Phi) is 2.04. The zero-order valence-electron chi connectivity index (χ0n) is 7.57. The lowest BCUT2D eigenvalue weighted by Gasteiger charge is -2.02. The molecule has 0 atom stereocenters. The summed E-state index contributed by atoms with van der Waals surface area (Å²) in [6.07, 6.45) is 0. The number of hydrogen-bond acceptors (Lipinski definition) is 2. The van der Waals surface area contributed by atoms with E-state index in [1.165, 1.54) is 24.3 Å². The molecule has 3 nitrogen and oxygen atoms in total. The van der Waals surface area contributed by atoms with Crippen LogP contribution >= 0.6 is 0 Å². The van der Waals surface area contributed by atoms with E-state index in [1.807, 2.05) is 0 Å². The fraction of sp³-hybridized carbons (Fsp3) is 0. The Balaban J connectivity index is 2.78. The van der Waals surface area contributed by atoms with E-state index in [9.17, 15) is 9.18 Å². The third kappa shape index (κ3) is 1.61. The van der Waals surface area contributed by atoms with Gasteiger partial charge in [0, 0.05) is 5.39 Å². The number of hydrogen-bond donors (Lipinski definition) is 2. The van der Waals surface area contributed by atoms with E-state index in [2.05, 4.69) is 0 Å². The van der Waals surface area contributed by atoms with Crippen molar-refractivity contribution in [3.8, 4) is 5.75 Å². The number of fused-ring (bicyclic) bond motifs is 1. The van der Waals surface area contributed by atoms with Gasteiger partial charge in [0.05, 0.1) is 5.56 Å². The van der Waals surface area contributed by atoms with Crippen molar-refractivity contribution in [1.29, 1.82) is 0 Å². The van der Waals surface area contributed by atoms with Crippen LogP contribution in [-0.4, -0.2) is 16.2 Å². The number of carboxylic acid groups (broad SMARTS) is 1. The van der Waals surface area contributed by atoms with Crippen LogP contribution in [0.5, 0.6) is 5.75 Å². The molecule has 0 saturated heterocycles. The molecular formula is C11H7FO3. The van der Waals surface area contributed by atoms with Gasteiger partial charge in [-0.3, -0.25) is 0 Å². The summed E-state index contributed by atoms with van der Waals surface area (Å²) >= 11 is 0. The number of benzene rings is 2. The Morgan fingerprint density at radius 1 is 1.20 bits per heavy atom. The van der Waals surface area contributed by atoms with Crippen LogP contribution in [0.25, 0.3) is 10.8 Å². The van der Waals surface area contributed by atoms with Crippen LogP contribution in [0, 0.1) is 5.82 Å². The van der Waals surface area contributed by atoms with E-state index in [0.29, 0.717) is 5.39 Å². The van der Waals surface area contributed by atoms with Crippen LogP contribution in [0.15, 0.2) is 30.3 Å². The Labute approximate surface area is 84.4 Å². The van der Waals surface area contributed by atoms with Crippen molar-refractivity contribution in [3.05, 3.63) is 41.7 Å². The predicted octanol–water partition coefficient (Wildman–Crippen LogP) is 2.38. The van der Waals surface area contributed by atoms with Gasteiger partial charge in [-0.2, -0.15) is 0 Å². The molecule has 0 bridgehead atoms. The fourth-order valence-corrected chi connectivity index (χ4v) is 1.42. The number of phenols is 1. The van der Waals surface area contributed by atoms with Gasteiger partial charge in [-0.1, -0.05) is 6.07 Å². The lowest BCUT2D eigenvalue weighted by atomic mass is 10.1. The van der Waals surface area contributed by atoms with Crippen molar-refractivity contribution < 1.29 is 19.4 Å². The van der Waals surface area contributed by atoms with E-state index in [-0.39, 0.29) is 16.7 Å². The minimum absolute atomic E-state index is 0.0514. The Morgan fingerprint density at radius 3 is 2.60 bits per heavy atom. The maximum Gasteiger partial charge on any atom is 0.335 e. The Morgan fingerprint density at radius 2 is 1.93 bits per heavy atom. The summed E-state index contributed by atoms with van der Waals surface area (Å²) in [6.45, 7) is 0. The largest absolute Gasteiger partial charge is 0.508 e. The molecule has 0 unspecified atom stereocenters. The molecule has 15 heavy (non-hydrogen) atoms. The van der Waals surface area contributed by atoms with Crippen molar-refractivity contribution >= 4 is 16.7 Å². The van der Waals surface area contributed by atoms with Gasteiger partial charge in [-0.25, -0.2) is 9.18 Å². The Bertz CT molecular complexity index is 549. The van der Waals surface area contributed by atoms with Gasteiger partial charge in [0.25, 0.3) is 0 Å². The highest BCUT2D eigenvalue weighted by atomic mass is 19.1. The number of aromatic hydroxyl groups is 1. The SMILES string of the molecule is O=C(O)c1cc(F)c2cc(O)ccc2c1. The fourth-order valence-electron chi connectivity index (χ4n) is 1.42. The average molecular weight is 206 g/mol. The first-order valence-corrected chi connectivity index (χ1v) is 4.23. The average Bonchev–Trinajstić information content (AvgIpc) is 2.18. The quantitative estimate of drug-likeness (QED) is 0.753. The summed E-state index contributed by atoms with van der Waals surface area (Å²) in [4.78, 5) is 10.6. The molecule has 0 spiro atoms. The van der Waals surface area contributed by atoms with Crippen LogP contribution in [0.1, 0.15) is 10.4 Å². The molecule has 4 heteroatoms. The molecular weight excluding hydrogens is 199 g/mol. The molecule has 2 rings (SSSR count). The van der Waals surface area contributed by atoms with Crippen LogP contribution in [0.3, 0.4) is 0 Å². The molecule has 76 valence electrons. The topological polar surface area (TPSA) is 57.5 Å². The summed E-state index contributed by atoms with van der Waals surface area (Å²) in [5.74, 6) is -1.88. The lowest BCUT2D eigenvalue weighted by molar-refractivity contribution is 0.0696. The highest BCUT2D eigenvalue weighted by Gasteiger charge is 2.09. The number of phenolic OH excluding ortho intramolecular Hbond substituents is 1. The van der Waals surface area contributed by atoms with Crippen LogP contribution in [0.2, 0.25) is 0 Å². The number of aromatic carboxylic acids is 1. The highest BCUT2D eigenvalue weighted by molar-refractivity contribution is 5.95. The first kappa shape index (κ1) is 9.45. The second-order valence-corrected chi connectivity index (χ2v) is 3.17. The van der Waals surface area contributed by atoms with Gasteiger partial charge in [-0.05, 0) is 29.7 Å². The summed E-state index contributed by atoms with van der Waals surface area (Å²) in [6, 6.07) is 6.41. The number of halogens is 1. The molecule has 0 aliphatic carbocycles. The smallest absolute Gasteiger partial charge is 0.335 e. The van der Waals surface area contributed by atoms with Gasteiger partial charge < -0.3 is 10.2 Å². The second-order valence-electron chi connectivity index (χ2n) is 3.17. The van der Waals surface area contributed by atoms with Gasteiger partial charge in [-0.15, -0.1) is 0 Å². The summed E-state index contributed by atoms with van der Waals surface area (Å²) in [5.41, 5.74) is -0.106. The normalized spacial score (nSPS) is 10.5. The van der Waals surface area contributed by atoms with Gasteiger partial charge in [0.1, 0.15) is 11.6 Å². The van der Waals surface area contributed by atoms with E-state index < -0.39 is 11.8 Å². The highest BCUT2D eigenvalue weighted by Crippen LogP contribution is 2.24. The lowest BCUT2D eigenvalue weighted by Crippen LogP contribution is -1.97. The monoisotopic (exact) mass is 206 g/mol. The molecule has 0 aliphatic heterocycles. The number of carbonyl (C=O) groups is 1. The Hall–Kier alpha value is -2.10. The van der Waals surface area contributed by atoms with Crippen LogP contribution in [-0.2, 0) is 0 Å². The third-order valence-electron chi connectivity index (χ3n) is 2.13. The zero-order chi connectivity index (χ0) is 11.0. The van der Waals surface area contributed by atoms with E-state index in [0.717, 1.165) is 6.07 Å². The third-order valence-corrected chi connectivity index (χ3v) is 2.13. The first-order valence-electron chi connectivity index (χ1n) is 4.23. The van der Waals surface area contributed by atoms with Crippen molar-refractivity contribution in [2.45, 2.75) is 0 Å². The molecule has 0 saturated carbocycles. The first-order chi connectivity index (χ1) is 7.08. The molecule has 2 aromatic carbocycles. The molecule has 0 radical (unpaired) electrons. The van der Waals surface area contributed by atoms with Gasteiger partial charge >= 0.3 is 5.97 Å². The van der Waals surface area contributed by atoms with E-state index in [4.69, 9.17) is 10.2 Å². The molecule has 2 aromatic rings. The van der Waals surface area contributed by atoms with E-state index >= 15 is 0 Å². The van der Waals surface area contributed by atoms with E-state index in [1.54, 1.807) is 0 Å². The summed E-state index contributed by atoms with van der Waals surface area (Å²) in [7, 11) is 0. The maximum absolute atomic E-state index is 13.4. The molecule has 0 amide bonds. The van der Waals surface area contributed by atoms with Crippen molar-refractivity contribution in [2.24, 2.45) is 0 Å². The number of rotatable bonds is 1. The van der Waals surface area contributed by atoms with Crippen LogP contribution < -0.4 is 0 Å². The minimum Gasteiger partial charge on any atom is -0.508 e. The van der Waals surface area contributed by atoms with Crippen molar-refractivity contribution in [2.75, 3.05) is 0 Å². The zero-order valence-corrected chi connectivity index (χ0v) is 7.57. The summed E-state index contributed by atoms with van der Waals surface area (Å²) in [5, 5.41) is 18.5. The summed E-state index contributed by atoms with van der Waals surface area (Å²) < 4.78 is 13.4. The molecule has 0 fully saturated rings. The molecule has 0 aliphatic rings.